The highest BCUT2D eigenvalue weighted by Gasteiger charge is 2.66. The molecule has 2 aromatic rings. The van der Waals surface area contributed by atoms with Crippen LogP contribution in [0.4, 0.5) is 26.3 Å². The number of rotatable bonds is 17. The number of halogens is 6. The van der Waals surface area contributed by atoms with Gasteiger partial charge in [0, 0.05) is 50.5 Å². The summed E-state index contributed by atoms with van der Waals surface area (Å²) in [6, 6.07) is 12.5. The van der Waals surface area contributed by atoms with Crippen molar-refractivity contribution in [1.29, 1.82) is 0 Å². The lowest BCUT2D eigenvalue weighted by Gasteiger charge is -2.35. The van der Waals surface area contributed by atoms with Gasteiger partial charge in [0.15, 0.2) is 0 Å². The van der Waals surface area contributed by atoms with Gasteiger partial charge in [-0.25, -0.2) is 9.59 Å². The molecule has 69 heavy (non-hydrogen) atoms. The van der Waals surface area contributed by atoms with Gasteiger partial charge in [-0.15, -0.1) is 0 Å². The van der Waals surface area contributed by atoms with Crippen LogP contribution < -0.4 is 0 Å². The normalized spacial score (nSPS) is 28.0. The largest absolute Gasteiger partial charge is 0.459 e. The van der Waals surface area contributed by atoms with Gasteiger partial charge in [0.05, 0.1) is 24.2 Å². The molecular weight excluding hydrogens is 923 g/mol. The molecule has 0 saturated carbocycles. The molecule has 0 bridgehead atoms. The molecule has 0 aromatic heterocycles. The first-order chi connectivity index (χ1) is 32.1. The van der Waals surface area contributed by atoms with Crippen molar-refractivity contribution in [3.05, 3.63) is 108 Å². The maximum atomic E-state index is 14.8. The smallest absolute Gasteiger partial charge is 0.432 e. The second-order valence-corrected chi connectivity index (χ2v) is 18.0. The van der Waals surface area contributed by atoms with Crippen LogP contribution in [0.5, 0.6) is 0 Å². The number of epoxide rings is 1. The third kappa shape index (κ3) is 13.4. The standard InChI is InChI=1S/C50H62F6O13/c1-10-37(68-44(60)48(64-9,50(54,55)56)35-21-15-12-16-22-35)32(4)42-38(67-42)29-45(6,61)26-17-18-30(2)41-31(3)23-24-39(65-33(5)57)46(7,62)27-25-36(28-40(58)69-41)66-43(59)47(63-8,49(51,52)53)34-19-13-11-14-20-34/h11-24,26,31-32,36-39,41-42,61-62H,10,25,27-29H2,1-9H3/b24-23+,26-17+,30-18+/t31-,32+,36+,37-,38+,39-,41+,42+,45-,46+,47?,48?/m0/s1. The lowest BCUT2D eigenvalue weighted by Crippen LogP contribution is -2.53. The monoisotopic (exact) mass is 984 g/mol. The average Bonchev–Trinajstić information content (AvgIpc) is 4.03. The number of benzene rings is 2. The topological polar surface area (TPSA) is 177 Å². The minimum Gasteiger partial charge on any atom is -0.459 e. The van der Waals surface area contributed by atoms with Crippen molar-refractivity contribution in [2.45, 2.75) is 152 Å². The van der Waals surface area contributed by atoms with E-state index in [2.05, 4.69) is 0 Å². The SMILES string of the molecule is CC[C@H](OC(=O)C(OC)(c1ccccc1)C(F)(F)F)[C@@H](C)[C@H]1O[C@@H]1C[C@@](C)(O)/C=C/C=C(\C)[C@H]1OC(=O)C[C@H](OC(=O)C(OC)(c2ccccc2)C(F)(F)F)CC[C@@](C)(O)[C@@H](OC(C)=O)/C=C/[C@@H]1C. The van der Waals surface area contributed by atoms with E-state index in [1.165, 1.54) is 74.5 Å². The molecule has 1 saturated heterocycles. The van der Waals surface area contributed by atoms with Crippen LogP contribution in [0.2, 0.25) is 0 Å². The van der Waals surface area contributed by atoms with Gasteiger partial charge in [-0.1, -0.05) is 106 Å². The predicted octanol–water partition coefficient (Wildman–Crippen LogP) is 8.45. The van der Waals surface area contributed by atoms with Crippen LogP contribution in [-0.4, -0.2) is 108 Å². The predicted molar refractivity (Wildman–Crippen MR) is 237 cm³/mol. The van der Waals surface area contributed by atoms with E-state index in [0.29, 0.717) is 12.7 Å². The number of hydrogen-bond donors (Lipinski definition) is 2. The second-order valence-electron chi connectivity index (χ2n) is 18.0. The Morgan fingerprint density at radius 1 is 0.884 bits per heavy atom. The van der Waals surface area contributed by atoms with Gasteiger partial charge < -0.3 is 43.4 Å². The quantitative estimate of drug-likeness (QED) is 0.0386. The number of cyclic esters (lactones) is 1. The Balaban J connectivity index is 1.54. The Morgan fingerprint density at radius 2 is 1.42 bits per heavy atom. The fourth-order valence-corrected chi connectivity index (χ4v) is 8.48. The van der Waals surface area contributed by atoms with Crippen molar-refractivity contribution >= 4 is 23.9 Å². The summed E-state index contributed by atoms with van der Waals surface area (Å²) in [7, 11) is 1.47. The van der Waals surface area contributed by atoms with E-state index in [-0.39, 0.29) is 25.7 Å². The number of allylic oxidation sites excluding steroid dienone is 2. The molecular formula is C50H62F6O13. The summed E-state index contributed by atoms with van der Waals surface area (Å²) < 4.78 is 126. The molecule has 2 unspecified atom stereocenters. The van der Waals surface area contributed by atoms with Crippen molar-refractivity contribution in [2.24, 2.45) is 11.8 Å². The molecule has 2 heterocycles. The summed E-state index contributed by atoms with van der Waals surface area (Å²) in [5.41, 5.74) is -11.0. The van der Waals surface area contributed by atoms with Gasteiger partial charge in [0.1, 0.15) is 30.0 Å². The number of methoxy groups -OCH3 is 2. The van der Waals surface area contributed by atoms with E-state index >= 15 is 0 Å². The molecule has 2 aliphatic rings. The highest BCUT2D eigenvalue weighted by molar-refractivity contribution is 5.84. The van der Waals surface area contributed by atoms with E-state index in [1.807, 2.05) is 0 Å². The molecule has 2 aromatic carbocycles. The number of hydrogen-bond acceptors (Lipinski definition) is 13. The summed E-state index contributed by atoms with van der Waals surface area (Å²) in [5.74, 6) is -6.53. The Kier molecular flexibility index (Phi) is 18.7. The summed E-state index contributed by atoms with van der Waals surface area (Å²) in [6.07, 6.45) is -10.6. The van der Waals surface area contributed by atoms with Gasteiger partial charge in [-0.05, 0) is 51.7 Å². The van der Waals surface area contributed by atoms with Crippen LogP contribution >= 0.6 is 0 Å². The summed E-state index contributed by atoms with van der Waals surface area (Å²) in [5, 5.41) is 22.9. The molecule has 4 rings (SSSR count). The zero-order chi connectivity index (χ0) is 51.8. The van der Waals surface area contributed by atoms with E-state index in [1.54, 1.807) is 33.8 Å². The fraction of sp³-hybridized carbons (Fsp3) is 0.560. The van der Waals surface area contributed by atoms with Gasteiger partial charge >= 0.3 is 36.2 Å². The minimum atomic E-state index is -5.33. The first-order valence-electron chi connectivity index (χ1n) is 22.4. The maximum absolute atomic E-state index is 14.8. The molecule has 2 aliphatic heterocycles. The van der Waals surface area contributed by atoms with Crippen molar-refractivity contribution in [2.75, 3.05) is 14.2 Å². The lowest BCUT2D eigenvalue weighted by atomic mass is 9.88. The van der Waals surface area contributed by atoms with Crippen molar-refractivity contribution in [1.82, 2.24) is 0 Å². The Bertz CT molecular complexity index is 2160. The van der Waals surface area contributed by atoms with Gasteiger partial charge in [-0.3, -0.25) is 9.59 Å². The molecule has 2 N–H and O–H groups in total. The first kappa shape index (κ1) is 56.5. The van der Waals surface area contributed by atoms with E-state index < -0.39 is 125 Å². The molecule has 19 heteroatoms. The molecule has 0 aliphatic carbocycles. The number of aliphatic hydroxyl groups is 2. The zero-order valence-corrected chi connectivity index (χ0v) is 40.0. The molecule has 13 nitrogen and oxygen atoms in total. The zero-order valence-electron chi connectivity index (χ0n) is 40.0. The summed E-state index contributed by atoms with van der Waals surface area (Å²) in [4.78, 5) is 52.8. The average molecular weight is 985 g/mol. The van der Waals surface area contributed by atoms with Crippen LogP contribution in [0.15, 0.2) is 96.6 Å². The molecule has 12 atom stereocenters. The number of ether oxygens (including phenoxy) is 7. The van der Waals surface area contributed by atoms with Crippen LogP contribution in [0.25, 0.3) is 0 Å². The molecule has 1 fully saturated rings. The summed E-state index contributed by atoms with van der Waals surface area (Å²) in [6.45, 7) is 10.5. The molecule has 0 radical (unpaired) electrons. The number of carbonyl (C=O) groups excluding carboxylic acids is 4. The Labute approximate surface area is 397 Å². The van der Waals surface area contributed by atoms with Crippen LogP contribution in [0.3, 0.4) is 0 Å². The van der Waals surface area contributed by atoms with Gasteiger partial charge in [0.25, 0.3) is 11.2 Å². The van der Waals surface area contributed by atoms with E-state index in [0.717, 1.165) is 38.3 Å². The second kappa shape index (κ2) is 22.8. The third-order valence-corrected chi connectivity index (χ3v) is 12.5. The van der Waals surface area contributed by atoms with Crippen molar-refractivity contribution in [3.8, 4) is 0 Å². The molecule has 0 amide bonds. The first-order valence-corrected chi connectivity index (χ1v) is 22.4. The van der Waals surface area contributed by atoms with Gasteiger partial charge in [-0.2, -0.15) is 26.3 Å². The lowest BCUT2D eigenvalue weighted by molar-refractivity contribution is -0.279. The third-order valence-electron chi connectivity index (χ3n) is 12.5. The maximum Gasteiger partial charge on any atom is 0.432 e. The highest BCUT2D eigenvalue weighted by Crippen LogP contribution is 2.46. The van der Waals surface area contributed by atoms with Crippen LogP contribution in [0.1, 0.15) is 91.7 Å². The summed E-state index contributed by atoms with van der Waals surface area (Å²) >= 11 is 0. The number of esters is 4. The van der Waals surface area contributed by atoms with Gasteiger partial charge in [0.2, 0.25) is 0 Å². The fourth-order valence-electron chi connectivity index (χ4n) is 8.48. The van der Waals surface area contributed by atoms with Crippen molar-refractivity contribution < 1.29 is 88.9 Å². The number of alkyl halides is 6. The Hall–Kier alpha value is -5.08. The molecule has 0 spiro atoms. The van der Waals surface area contributed by atoms with Crippen LogP contribution in [0, 0.1) is 11.8 Å². The van der Waals surface area contributed by atoms with Crippen LogP contribution in [-0.2, 0) is 63.5 Å². The minimum absolute atomic E-state index is 0.0163. The van der Waals surface area contributed by atoms with E-state index in [9.17, 15) is 55.7 Å². The highest BCUT2D eigenvalue weighted by atomic mass is 19.4. The van der Waals surface area contributed by atoms with E-state index in [4.69, 9.17) is 33.2 Å². The van der Waals surface area contributed by atoms with Crippen molar-refractivity contribution in [3.63, 3.8) is 0 Å². The molecule has 382 valence electrons. The number of carbonyl (C=O) groups is 4. The Morgan fingerprint density at radius 3 is 1.91 bits per heavy atom.